The number of rotatable bonds is 3. The SMILES string of the molecule is CNc1nc(-c2ccc(C)s2)nc(N(C)C)n1. The number of aryl methyl sites for hydroxylation is 1. The van der Waals surface area contributed by atoms with Gasteiger partial charge in [-0.1, -0.05) is 0 Å². The fourth-order valence-corrected chi connectivity index (χ4v) is 2.14. The predicted octanol–water partition coefficient (Wildman–Crippen LogP) is 2.02. The maximum atomic E-state index is 4.44. The van der Waals surface area contributed by atoms with Gasteiger partial charge in [0.2, 0.25) is 11.9 Å². The summed E-state index contributed by atoms with van der Waals surface area (Å²) in [4.78, 5) is 17.3. The van der Waals surface area contributed by atoms with Crippen molar-refractivity contribution in [1.29, 1.82) is 0 Å². The summed E-state index contributed by atoms with van der Waals surface area (Å²) in [5.41, 5.74) is 0. The fraction of sp³-hybridized carbons (Fsp3) is 0.364. The van der Waals surface area contributed by atoms with E-state index in [2.05, 4.69) is 33.3 Å². The van der Waals surface area contributed by atoms with E-state index in [0.29, 0.717) is 17.7 Å². The maximum Gasteiger partial charge on any atom is 0.230 e. The first-order chi connectivity index (χ1) is 8.10. The highest BCUT2D eigenvalue weighted by atomic mass is 32.1. The standard InChI is InChI=1S/C11H15N5S/c1-7-5-6-8(17-7)9-13-10(12-2)15-11(14-9)16(3)4/h5-6H,1-4H3,(H,12,13,14,15). The Labute approximate surface area is 105 Å². The van der Waals surface area contributed by atoms with Crippen LogP contribution in [0.15, 0.2) is 12.1 Å². The van der Waals surface area contributed by atoms with Crippen LogP contribution in [0.3, 0.4) is 0 Å². The molecule has 0 bridgehead atoms. The average molecular weight is 249 g/mol. The molecule has 2 aromatic heterocycles. The summed E-state index contributed by atoms with van der Waals surface area (Å²) in [6.07, 6.45) is 0. The molecule has 6 heteroatoms. The van der Waals surface area contributed by atoms with Crippen LogP contribution in [0, 0.1) is 6.92 Å². The van der Waals surface area contributed by atoms with E-state index in [-0.39, 0.29) is 0 Å². The summed E-state index contributed by atoms with van der Waals surface area (Å²) >= 11 is 1.68. The van der Waals surface area contributed by atoms with E-state index in [9.17, 15) is 0 Å². The van der Waals surface area contributed by atoms with Gasteiger partial charge < -0.3 is 10.2 Å². The molecule has 0 saturated heterocycles. The minimum Gasteiger partial charge on any atom is -0.357 e. The average Bonchev–Trinajstić information content (AvgIpc) is 2.75. The summed E-state index contributed by atoms with van der Waals surface area (Å²) in [7, 11) is 5.63. The molecule has 0 amide bonds. The zero-order valence-electron chi connectivity index (χ0n) is 10.4. The molecule has 0 aliphatic carbocycles. The first kappa shape index (κ1) is 11.8. The van der Waals surface area contributed by atoms with Gasteiger partial charge in [-0.2, -0.15) is 15.0 Å². The molecule has 90 valence electrons. The number of hydrogen-bond acceptors (Lipinski definition) is 6. The molecule has 17 heavy (non-hydrogen) atoms. The monoisotopic (exact) mass is 249 g/mol. The van der Waals surface area contributed by atoms with Crippen LogP contribution in [-0.4, -0.2) is 36.1 Å². The molecule has 0 aliphatic heterocycles. The van der Waals surface area contributed by atoms with Crippen molar-refractivity contribution >= 4 is 23.2 Å². The number of aromatic nitrogens is 3. The Morgan fingerprint density at radius 1 is 1.18 bits per heavy atom. The molecule has 0 aliphatic rings. The lowest BCUT2D eigenvalue weighted by Gasteiger charge is -2.11. The summed E-state index contributed by atoms with van der Waals surface area (Å²) in [5.74, 6) is 1.96. The van der Waals surface area contributed by atoms with Crippen molar-refractivity contribution in [3.8, 4) is 10.7 Å². The van der Waals surface area contributed by atoms with Gasteiger partial charge >= 0.3 is 0 Å². The van der Waals surface area contributed by atoms with E-state index in [1.54, 1.807) is 18.4 Å². The van der Waals surface area contributed by atoms with Gasteiger partial charge in [-0.15, -0.1) is 11.3 Å². The lowest BCUT2D eigenvalue weighted by atomic mass is 10.4. The van der Waals surface area contributed by atoms with Crippen LogP contribution < -0.4 is 10.2 Å². The second kappa shape index (κ2) is 4.67. The van der Waals surface area contributed by atoms with Crippen molar-refractivity contribution in [2.75, 3.05) is 31.4 Å². The molecular formula is C11H15N5S. The molecule has 0 atom stereocenters. The molecule has 0 fully saturated rings. The molecule has 5 nitrogen and oxygen atoms in total. The van der Waals surface area contributed by atoms with Gasteiger partial charge in [0, 0.05) is 26.0 Å². The van der Waals surface area contributed by atoms with Gasteiger partial charge in [-0.25, -0.2) is 0 Å². The minimum absolute atomic E-state index is 0.588. The Kier molecular flexibility index (Phi) is 3.23. The topological polar surface area (TPSA) is 53.9 Å². The van der Waals surface area contributed by atoms with E-state index in [1.165, 1.54) is 4.88 Å². The molecule has 2 rings (SSSR count). The molecule has 2 aromatic rings. The number of nitrogens with zero attached hydrogens (tertiary/aromatic N) is 4. The molecule has 0 unspecified atom stereocenters. The van der Waals surface area contributed by atoms with Crippen LogP contribution in [0.4, 0.5) is 11.9 Å². The second-order valence-corrected chi connectivity index (χ2v) is 5.13. The first-order valence-electron chi connectivity index (χ1n) is 5.28. The Balaban J connectivity index is 2.49. The number of anilines is 2. The van der Waals surface area contributed by atoms with Crippen LogP contribution in [0.2, 0.25) is 0 Å². The van der Waals surface area contributed by atoms with Gasteiger partial charge in [-0.3, -0.25) is 0 Å². The smallest absolute Gasteiger partial charge is 0.230 e. The number of thiophene rings is 1. The third-order valence-corrected chi connectivity index (χ3v) is 3.20. The maximum absolute atomic E-state index is 4.44. The van der Waals surface area contributed by atoms with E-state index in [0.717, 1.165) is 4.88 Å². The zero-order chi connectivity index (χ0) is 12.4. The van der Waals surface area contributed by atoms with Gasteiger partial charge in [-0.05, 0) is 19.1 Å². The van der Waals surface area contributed by atoms with E-state index in [4.69, 9.17) is 0 Å². The van der Waals surface area contributed by atoms with Crippen molar-refractivity contribution in [3.63, 3.8) is 0 Å². The quantitative estimate of drug-likeness (QED) is 0.902. The number of hydrogen-bond donors (Lipinski definition) is 1. The third-order valence-electron chi connectivity index (χ3n) is 2.21. The third kappa shape index (κ3) is 2.52. The predicted molar refractivity (Wildman–Crippen MR) is 71.8 cm³/mol. The molecular weight excluding hydrogens is 234 g/mol. The normalized spacial score (nSPS) is 10.4. The lowest BCUT2D eigenvalue weighted by Crippen LogP contribution is -2.15. The molecule has 0 aromatic carbocycles. The molecule has 1 N–H and O–H groups in total. The fourth-order valence-electron chi connectivity index (χ4n) is 1.34. The van der Waals surface area contributed by atoms with E-state index in [1.807, 2.05) is 25.1 Å². The molecule has 0 saturated carbocycles. The Morgan fingerprint density at radius 2 is 1.94 bits per heavy atom. The summed E-state index contributed by atoms with van der Waals surface area (Å²) in [6.45, 7) is 2.07. The van der Waals surface area contributed by atoms with Crippen molar-refractivity contribution < 1.29 is 0 Å². The summed E-state index contributed by atoms with van der Waals surface area (Å²) < 4.78 is 0. The highest BCUT2D eigenvalue weighted by molar-refractivity contribution is 7.15. The van der Waals surface area contributed by atoms with Crippen LogP contribution in [0.25, 0.3) is 10.7 Å². The highest BCUT2D eigenvalue weighted by Crippen LogP contribution is 2.26. The van der Waals surface area contributed by atoms with E-state index >= 15 is 0 Å². The Morgan fingerprint density at radius 3 is 2.47 bits per heavy atom. The van der Waals surface area contributed by atoms with Crippen molar-refractivity contribution in [1.82, 2.24) is 15.0 Å². The Bertz CT molecular complexity index is 520. The summed E-state index contributed by atoms with van der Waals surface area (Å²) in [5, 5.41) is 2.95. The van der Waals surface area contributed by atoms with Gasteiger partial charge in [0.25, 0.3) is 0 Å². The Hall–Kier alpha value is -1.69. The zero-order valence-corrected chi connectivity index (χ0v) is 11.2. The summed E-state index contributed by atoms with van der Waals surface area (Å²) in [6, 6.07) is 4.10. The van der Waals surface area contributed by atoms with Crippen LogP contribution in [0.1, 0.15) is 4.88 Å². The van der Waals surface area contributed by atoms with Gasteiger partial charge in [0.1, 0.15) is 0 Å². The van der Waals surface area contributed by atoms with Gasteiger partial charge in [0.15, 0.2) is 5.82 Å². The minimum atomic E-state index is 0.588. The number of nitrogens with one attached hydrogen (secondary N) is 1. The molecule has 0 spiro atoms. The molecule has 2 heterocycles. The second-order valence-electron chi connectivity index (χ2n) is 3.84. The van der Waals surface area contributed by atoms with Crippen molar-refractivity contribution in [2.24, 2.45) is 0 Å². The van der Waals surface area contributed by atoms with Crippen LogP contribution >= 0.6 is 11.3 Å². The lowest BCUT2D eigenvalue weighted by molar-refractivity contribution is 0.965. The first-order valence-corrected chi connectivity index (χ1v) is 6.10. The largest absolute Gasteiger partial charge is 0.357 e. The van der Waals surface area contributed by atoms with Crippen LogP contribution in [0.5, 0.6) is 0 Å². The van der Waals surface area contributed by atoms with Gasteiger partial charge in [0.05, 0.1) is 4.88 Å². The highest BCUT2D eigenvalue weighted by Gasteiger charge is 2.10. The van der Waals surface area contributed by atoms with Crippen molar-refractivity contribution in [3.05, 3.63) is 17.0 Å². The van der Waals surface area contributed by atoms with E-state index < -0.39 is 0 Å². The van der Waals surface area contributed by atoms with Crippen LogP contribution in [-0.2, 0) is 0 Å². The van der Waals surface area contributed by atoms with Crippen molar-refractivity contribution in [2.45, 2.75) is 6.92 Å². The molecule has 0 radical (unpaired) electrons.